The number of primary sulfonamides is 1. The quantitative estimate of drug-likeness (QED) is 0.576. The maximum Gasteiger partial charge on any atom is 0.216 e. The predicted molar refractivity (Wildman–Crippen MR) is 99.2 cm³/mol. The molecule has 3 rings (SSSR count). The number of aliphatic hydroxyl groups is 1. The largest absolute Gasteiger partial charge is 0.495 e. The Morgan fingerprint density at radius 2 is 2.04 bits per heavy atom. The van der Waals surface area contributed by atoms with Crippen LogP contribution in [-0.2, 0) is 10.0 Å². The number of ether oxygens (including phenoxy) is 1. The number of methoxy groups -OCH3 is 1. The van der Waals surface area contributed by atoms with Crippen LogP contribution in [0.5, 0.6) is 5.75 Å². The molecule has 0 fully saturated rings. The van der Waals surface area contributed by atoms with E-state index in [9.17, 15) is 17.9 Å². The second kappa shape index (κ2) is 7.46. The van der Waals surface area contributed by atoms with Gasteiger partial charge in [0.15, 0.2) is 0 Å². The fraction of sp³-hybridized carbons (Fsp3) is 0.278. The number of pyridine rings is 1. The number of fused-ring (bicyclic) bond motifs is 1. The fourth-order valence-corrected chi connectivity index (χ4v) is 4.21. The van der Waals surface area contributed by atoms with Crippen LogP contribution in [0.15, 0.2) is 30.6 Å². The van der Waals surface area contributed by atoms with Crippen molar-refractivity contribution >= 4 is 21.1 Å². The first-order chi connectivity index (χ1) is 13.2. The number of nitrogens with two attached hydrogens (primary N) is 1. The van der Waals surface area contributed by atoms with Gasteiger partial charge in [0, 0.05) is 22.7 Å². The van der Waals surface area contributed by atoms with Crippen LogP contribution in [0.2, 0.25) is 0 Å². The molecule has 0 bridgehead atoms. The Hall–Kier alpha value is -2.56. The molecule has 0 saturated carbocycles. The van der Waals surface area contributed by atoms with E-state index in [1.54, 1.807) is 6.07 Å². The molecule has 2 heterocycles. The third kappa shape index (κ3) is 3.46. The van der Waals surface area contributed by atoms with Gasteiger partial charge in [-0.15, -0.1) is 0 Å². The van der Waals surface area contributed by atoms with Crippen LogP contribution >= 0.6 is 0 Å². The van der Waals surface area contributed by atoms with Crippen LogP contribution in [-0.4, -0.2) is 30.6 Å². The lowest BCUT2D eigenvalue weighted by Gasteiger charge is -2.19. The lowest BCUT2D eigenvalue weighted by molar-refractivity contribution is 0.210. The van der Waals surface area contributed by atoms with Crippen molar-refractivity contribution in [2.24, 2.45) is 5.14 Å². The second-order valence-electron chi connectivity index (χ2n) is 6.27. The Labute approximate surface area is 160 Å². The number of nitrogens with one attached hydrogen (secondary N) is 1. The molecule has 2 aromatic heterocycles. The molecular formula is C18H19F2N3O4S. The number of H-pyrrole nitrogens is 1. The smallest absolute Gasteiger partial charge is 0.216 e. The normalized spacial score (nSPS) is 14.2. The summed E-state index contributed by atoms with van der Waals surface area (Å²) in [6.07, 6.45) is 1.12. The Balaban J connectivity index is 2.17. The molecule has 10 heteroatoms. The summed E-state index contributed by atoms with van der Waals surface area (Å²) in [7, 11) is -2.68. The van der Waals surface area contributed by atoms with Gasteiger partial charge in [0.25, 0.3) is 0 Å². The van der Waals surface area contributed by atoms with Crippen LogP contribution in [0, 0.1) is 11.6 Å². The maximum atomic E-state index is 15.1. The average molecular weight is 411 g/mol. The summed E-state index contributed by atoms with van der Waals surface area (Å²) in [5.41, 5.74) is -0.401. The first-order valence-electron chi connectivity index (χ1n) is 8.37. The van der Waals surface area contributed by atoms with E-state index in [1.807, 2.05) is 0 Å². The summed E-state index contributed by atoms with van der Waals surface area (Å²) < 4.78 is 58.2. The summed E-state index contributed by atoms with van der Waals surface area (Å²) in [6, 6.07) is 3.51. The lowest BCUT2D eigenvalue weighted by atomic mass is 9.96. The molecule has 4 N–H and O–H groups in total. The monoisotopic (exact) mass is 411 g/mol. The van der Waals surface area contributed by atoms with E-state index in [2.05, 4.69) is 9.97 Å². The van der Waals surface area contributed by atoms with Crippen LogP contribution in [0.1, 0.15) is 41.4 Å². The number of benzene rings is 1. The van der Waals surface area contributed by atoms with E-state index in [0.29, 0.717) is 16.8 Å². The lowest BCUT2D eigenvalue weighted by Crippen LogP contribution is -2.23. The molecule has 0 aliphatic heterocycles. The van der Waals surface area contributed by atoms with Crippen LogP contribution in [0.4, 0.5) is 8.78 Å². The Morgan fingerprint density at radius 1 is 1.32 bits per heavy atom. The van der Waals surface area contributed by atoms with Crippen LogP contribution in [0.3, 0.4) is 0 Å². The highest BCUT2D eigenvalue weighted by Gasteiger charge is 2.30. The molecule has 2 unspecified atom stereocenters. The first kappa shape index (κ1) is 20.2. The summed E-state index contributed by atoms with van der Waals surface area (Å²) in [5.74, 6) is -1.77. The van der Waals surface area contributed by atoms with Gasteiger partial charge in [0.05, 0.1) is 18.9 Å². The number of hydrogen-bond acceptors (Lipinski definition) is 5. The molecule has 28 heavy (non-hydrogen) atoms. The molecule has 0 amide bonds. The van der Waals surface area contributed by atoms with Gasteiger partial charge < -0.3 is 14.8 Å². The summed E-state index contributed by atoms with van der Waals surface area (Å²) in [5, 5.41) is 15.0. The number of aromatic nitrogens is 2. The van der Waals surface area contributed by atoms with E-state index >= 15 is 4.39 Å². The topological polar surface area (TPSA) is 118 Å². The van der Waals surface area contributed by atoms with Gasteiger partial charge in [-0.2, -0.15) is 0 Å². The van der Waals surface area contributed by atoms with Crippen molar-refractivity contribution in [3.63, 3.8) is 0 Å². The average Bonchev–Trinajstić information content (AvgIpc) is 3.06. The van der Waals surface area contributed by atoms with Crippen LogP contribution < -0.4 is 9.88 Å². The van der Waals surface area contributed by atoms with Crippen molar-refractivity contribution in [1.29, 1.82) is 0 Å². The zero-order valence-electron chi connectivity index (χ0n) is 15.1. The number of aliphatic hydroxyl groups excluding tert-OH is 1. The molecule has 0 aliphatic carbocycles. The molecule has 3 aromatic rings. The molecule has 0 aliphatic rings. The fourth-order valence-electron chi connectivity index (χ4n) is 3.21. The van der Waals surface area contributed by atoms with Gasteiger partial charge in [0.2, 0.25) is 10.0 Å². The molecule has 0 spiro atoms. The Kier molecular flexibility index (Phi) is 5.37. The highest BCUT2D eigenvalue weighted by molar-refractivity contribution is 7.89. The molecule has 2 atom stereocenters. The molecule has 150 valence electrons. The molecule has 0 radical (unpaired) electrons. The van der Waals surface area contributed by atoms with Gasteiger partial charge in [-0.3, -0.25) is 0 Å². The van der Waals surface area contributed by atoms with Gasteiger partial charge in [-0.25, -0.2) is 27.3 Å². The third-order valence-electron chi connectivity index (χ3n) is 4.61. The Morgan fingerprint density at radius 3 is 2.64 bits per heavy atom. The summed E-state index contributed by atoms with van der Waals surface area (Å²) in [4.78, 5) is 6.92. The molecule has 0 saturated heterocycles. The number of aromatic amines is 1. The minimum absolute atomic E-state index is 0.00880. The van der Waals surface area contributed by atoms with Gasteiger partial charge in [-0.1, -0.05) is 13.0 Å². The zero-order chi connectivity index (χ0) is 20.6. The van der Waals surface area contributed by atoms with Crippen molar-refractivity contribution in [1.82, 2.24) is 9.97 Å². The number of rotatable bonds is 6. The number of sulfonamides is 1. The summed E-state index contributed by atoms with van der Waals surface area (Å²) >= 11 is 0. The van der Waals surface area contributed by atoms with Gasteiger partial charge in [0.1, 0.15) is 34.4 Å². The molecular weight excluding hydrogens is 392 g/mol. The SMILES string of the molecule is CCC(c1ccc(F)c(C(O)c2c[nH]c3ncc(OC)cc23)c1F)S(N)(=O)=O. The maximum absolute atomic E-state index is 15.1. The van der Waals surface area contributed by atoms with Crippen molar-refractivity contribution < 1.29 is 27.0 Å². The van der Waals surface area contributed by atoms with E-state index < -0.39 is 38.6 Å². The highest BCUT2D eigenvalue weighted by atomic mass is 32.2. The number of halogens is 2. The van der Waals surface area contributed by atoms with E-state index in [-0.39, 0.29) is 17.5 Å². The third-order valence-corrected chi connectivity index (χ3v) is 5.99. The van der Waals surface area contributed by atoms with Gasteiger partial charge >= 0.3 is 0 Å². The minimum Gasteiger partial charge on any atom is -0.495 e. The first-order valence-corrected chi connectivity index (χ1v) is 9.98. The van der Waals surface area contributed by atoms with E-state index in [0.717, 1.165) is 12.1 Å². The number of hydrogen-bond donors (Lipinski definition) is 3. The second-order valence-corrected chi connectivity index (χ2v) is 8.02. The standard InChI is InChI=1S/C18H19F2N3O4S/c1-3-14(28(21,25)26)10-4-5-13(19)15(16(10)20)17(24)12-8-23-18-11(12)6-9(27-2)7-22-18/h4-8,14,17,24H,3H2,1-2H3,(H,22,23)(H2,21,25,26). The minimum atomic E-state index is -4.12. The van der Waals surface area contributed by atoms with E-state index in [1.165, 1.54) is 26.4 Å². The molecule has 7 nitrogen and oxygen atoms in total. The van der Waals surface area contributed by atoms with Crippen molar-refractivity contribution in [3.8, 4) is 5.75 Å². The van der Waals surface area contributed by atoms with Crippen molar-refractivity contribution in [3.05, 3.63) is 58.9 Å². The highest BCUT2D eigenvalue weighted by Crippen LogP contribution is 2.36. The summed E-state index contributed by atoms with van der Waals surface area (Å²) in [6.45, 7) is 1.52. The Bertz CT molecular complexity index is 1130. The number of nitrogens with zero attached hydrogens (tertiary/aromatic N) is 1. The van der Waals surface area contributed by atoms with Gasteiger partial charge in [-0.05, 0) is 18.6 Å². The molecule has 1 aromatic carbocycles. The zero-order valence-corrected chi connectivity index (χ0v) is 15.9. The van der Waals surface area contributed by atoms with Crippen LogP contribution in [0.25, 0.3) is 11.0 Å². The van der Waals surface area contributed by atoms with E-state index in [4.69, 9.17) is 9.88 Å². The van der Waals surface area contributed by atoms with Crippen molar-refractivity contribution in [2.45, 2.75) is 24.7 Å². The predicted octanol–water partition coefficient (Wildman–Crippen LogP) is 2.67. The van der Waals surface area contributed by atoms with Crippen molar-refractivity contribution in [2.75, 3.05) is 7.11 Å².